The Kier molecular flexibility index (Phi) is 10.4. The lowest BCUT2D eigenvalue weighted by Crippen LogP contribution is -2.29. The second kappa shape index (κ2) is 14.4. The third-order valence-corrected chi connectivity index (χ3v) is 13.6. The highest BCUT2D eigenvalue weighted by Gasteiger charge is 2.37. The van der Waals surface area contributed by atoms with Crippen LogP contribution in [0.4, 0.5) is 8.78 Å². The molecule has 0 fully saturated rings. The monoisotopic (exact) mass is 751 g/mol. The number of sulfone groups is 1. The highest BCUT2D eigenvalue weighted by Crippen LogP contribution is 2.40. The summed E-state index contributed by atoms with van der Waals surface area (Å²) in [4.78, 5) is 24.1. The van der Waals surface area contributed by atoms with Crippen molar-refractivity contribution in [3.05, 3.63) is 89.0 Å². The molecule has 0 saturated carbocycles. The molecule has 2 aromatic carbocycles. The van der Waals surface area contributed by atoms with E-state index in [1.54, 1.807) is 17.8 Å². The number of esters is 1. The summed E-state index contributed by atoms with van der Waals surface area (Å²) in [6, 6.07) is 12.5. The lowest BCUT2D eigenvalue weighted by molar-refractivity contribution is -0.144. The van der Waals surface area contributed by atoms with E-state index in [1.807, 2.05) is 52.0 Å². The average Bonchev–Trinajstić information content (AvgIpc) is 3.75. The van der Waals surface area contributed by atoms with E-state index < -0.39 is 48.4 Å². The topological polar surface area (TPSA) is 143 Å². The number of halogens is 2. The Labute approximate surface area is 305 Å². The molecule has 1 aliphatic heterocycles. The second-order valence-corrected chi connectivity index (χ2v) is 18.4. The van der Waals surface area contributed by atoms with Crippen LogP contribution in [0.2, 0.25) is 0 Å². The number of H-pyrrole nitrogens is 1. The zero-order valence-corrected chi connectivity index (χ0v) is 31.8. The van der Waals surface area contributed by atoms with Crippen molar-refractivity contribution in [2.75, 3.05) is 18.6 Å². The molecule has 0 spiro atoms. The lowest BCUT2D eigenvalue weighted by atomic mass is 9.75. The van der Waals surface area contributed by atoms with Gasteiger partial charge in [0.25, 0.3) is 0 Å². The van der Waals surface area contributed by atoms with Crippen LogP contribution in [0, 0.1) is 23.0 Å². The number of aryl methyl sites for hydroxylation is 2. The second-order valence-electron chi connectivity index (χ2n) is 14.8. The van der Waals surface area contributed by atoms with Crippen LogP contribution >= 0.6 is 0 Å². The average molecular weight is 752 g/mol. The molecule has 14 heteroatoms. The molecule has 10 nitrogen and oxygen atoms in total. The van der Waals surface area contributed by atoms with Crippen molar-refractivity contribution >= 4 is 37.9 Å². The Morgan fingerprint density at radius 2 is 1.90 bits per heavy atom. The third kappa shape index (κ3) is 7.38. The standard InChI is InChI=1S/C38H43F2N5O5S2/c1-23(35(46)50-6)19-24-9-7-10-25(20-24)38(4)15-8-14-37(2,3)22-52(48,49)18-13-28-27-12-17-42-32(27)30(39)31(40)33(28)51(47)26-11-16-41-29(21-26)34-43-36(38)44-45(34)5/h7,9-12,16-17,20-21,23,42H,8,13-15,18-19,22H2,1-6H3/t23-,38-,51?/m1/s1. The normalized spacial score (nSPS) is 21.1. The number of nitrogens with one attached hydrogen (secondary N) is 1. The molecule has 0 aliphatic carbocycles. The Bertz CT molecular complexity index is 2250. The molecule has 6 rings (SSSR count). The molecule has 0 radical (unpaired) electrons. The molecule has 0 saturated heterocycles. The van der Waals surface area contributed by atoms with Gasteiger partial charge in [-0.05, 0) is 55.2 Å². The molecule has 276 valence electrons. The van der Waals surface area contributed by atoms with E-state index >= 15 is 8.78 Å². The van der Waals surface area contributed by atoms with Gasteiger partial charge in [-0.25, -0.2) is 22.5 Å². The largest absolute Gasteiger partial charge is 0.606 e. The van der Waals surface area contributed by atoms with E-state index in [0.717, 1.165) is 11.1 Å². The summed E-state index contributed by atoms with van der Waals surface area (Å²) < 4.78 is 79.4. The number of hydrogen-bond acceptors (Lipinski definition) is 8. The Hall–Kier alpha value is -4.14. The number of aromatic nitrogens is 5. The number of rotatable bonds is 4. The summed E-state index contributed by atoms with van der Waals surface area (Å²) in [7, 11) is -0.604. The lowest BCUT2D eigenvalue weighted by Gasteiger charge is -2.31. The van der Waals surface area contributed by atoms with Gasteiger partial charge in [-0.2, -0.15) is 9.49 Å². The van der Waals surface area contributed by atoms with Gasteiger partial charge in [0.05, 0.1) is 35.5 Å². The minimum absolute atomic E-state index is 0.110. The van der Waals surface area contributed by atoms with Gasteiger partial charge in [-0.15, -0.1) is 0 Å². The number of hydrogen-bond donors (Lipinski definition) is 1. The van der Waals surface area contributed by atoms with Crippen LogP contribution in [0.3, 0.4) is 0 Å². The summed E-state index contributed by atoms with van der Waals surface area (Å²) in [5.74, 6) is -2.72. The molecule has 0 amide bonds. The first kappa shape index (κ1) is 37.6. The molecule has 3 aromatic heterocycles. The van der Waals surface area contributed by atoms with Crippen molar-refractivity contribution in [2.24, 2.45) is 18.4 Å². The first-order valence-electron chi connectivity index (χ1n) is 17.2. The molecular formula is C38H43F2N5O5S2. The number of fused-ring (bicyclic) bond motifs is 8. The van der Waals surface area contributed by atoms with Crippen molar-refractivity contribution < 1.29 is 31.3 Å². The molecule has 1 N–H and O–H groups in total. The number of benzene rings is 2. The van der Waals surface area contributed by atoms with Crippen molar-refractivity contribution in [2.45, 2.75) is 75.0 Å². The molecule has 4 heterocycles. The van der Waals surface area contributed by atoms with E-state index in [1.165, 1.54) is 31.6 Å². The molecule has 1 aliphatic rings. The van der Waals surface area contributed by atoms with Gasteiger partial charge in [0.2, 0.25) is 10.7 Å². The highest BCUT2D eigenvalue weighted by atomic mass is 32.2. The third-order valence-electron chi connectivity index (χ3n) is 10.1. The summed E-state index contributed by atoms with van der Waals surface area (Å²) in [6.45, 7) is 7.68. The SMILES string of the molecule is COC(=O)[C@H](C)Cc1cccc([C@@]2(C)CCCC(C)(C)CS(=O)(=O)CCc3c(c(F)c(F)c4[nH]ccc34)[S+]([O-])c3ccnc(c3)-c3nc2nn3C)c1. The predicted molar refractivity (Wildman–Crippen MR) is 195 cm³/mol. The number of pyridine rings is 1. The Balaban J connectivity index is 1.50. The molecule has 1 unspecified atom stereocenters. The smallest absolute Gasteiger partial charge is 0.308 e. The van der Waals surface area contributed by atoms with Gasteiger partial charge in [-0.3, -0.25) is 9.78 Å². The molecular weight excluding hydrogens is 709 g/mol. The maximum atomic E-state index is 15.9. The van der Waals surface area contributed by atoms with E-state index in [2.05, 4.69) is 9.97 Å². The Morgan fingerprint density at radius 3 is 2.65 bits per heavy atom. The molecule has 5 aromatic rings. The number of carbonyl (C=O) groups excluding carboxylic acids is 1. The first-order valence-corrected chi connectivity index (χ1v) is 20.1. The number of methoxy groups -OCH3 is 1. The maximum Gasteiger partial charge on any atom is 0.308 e. The fourth-order valence-corrected chi connectivity index (χ4v) is 10.6. The van der Waals surface area contributed by atoms with E-state index in [-0.39, 0.29) is 51.2 Å². The minimum Gasteiger partial charge on any atom is -0.606 e. The number of nitrogens with zero attached hydrogens (tertiary/aromatic N) is 4. The van der Waals surface area contributed by atoms with Gasteiger partial charge in [0.15, 0.2) is 32.2 Å². The van der Waals surface area contributed by atoms with Crippen LogP contribution < -0.4 is 0 Å². The Morgan fingerprint density at radius 1 is 1.13 bits per heavy atom. The minimum atomic E-state index is -3.71. The first-order chi connectivity index (χ1) is 24.5. The molecule has 4 bridgehead atoms. The van der Waals surface area contributed by atoms with Gasteiger partial charge >= 0.3 is 5.97 Å². The van der Waals surface area contributed by atoms with Crippen LogP contribution in [0.15, 0.2) is 64.6 Å². The van der Waals surface area contributed by atoms with Crippen LogP contribution in [0.5, 0.6) is 0 Å². The summed E-state index contributed by atoms with van der Waals surface area (Å²) in [6.07, 6.45) is 4.97. The summed E-state index contributed by atoms with van der Waals surface area (Å²) in [5, 5.41) is 5.14. The van der Waals surface area contributed by atoms with Crippen molar-refractivity contribution in [1.29, 1.82) is 0 Å². The van der Waals surface area contributed by atoms with E-state index in [9.17, 15) is 17.8 Å². The zero-order chi connectivity index (χ0) is 37.6. The van der Waals surface area contributed by atoms with Gasteiger partial charge in [0, 0.05) is 53.7 Å². The predicted octanol–water partition coefficient (Wildman–Crippen LogP) is 6.63. The van der Waals surface area contributed by atoms with E-state index in [0.29, 0.717) is 43.0 Å². The fraction of sp³-hybridized carbons (Fsp3) is 0.421. The van der Waals surface area contributed by atoms with Crippen LogP contribution in [-0.2, 0) is 55.8 Å². The fourth-order valence-electron chi connectivity index (χ4n) is 7.30. The van der Waals surface area contributed by atoms with Gasteiger partial charge < -0.3 is 14.3 Å². The van der Waals surface area contributed by atoms with Gasteiger partial charge in [-0.1, -0.05) is 51.5 Å². The zero-order valence-electron chi connectivity index (χ0n) is 30.1. The molecule has 3 atom stereocenters. The van der Waals surface area contributed by atoms with Crippen molar-refractivity contribution in [1.82, 2.24) is 24.7 Å². The van der Waals surface area contributed by atoms with Crippen LogP contribution in [-0.4, -0.2) is 62.3 Å². The molecule has 52 heavy (non-hydrogen) atoms. The highest BCUT2D eigenvalue weighted by molar-refractivity contribution is 7.92. The number of aromatic amines is 1. The van der Waals surface area contributed by atoms with Crippen LogP contribution in [0.1, 0.15) is 69.5 Å². The van der Waals surface area contributed by atoms with Gasteiger partial charge in [0.1, 0.15) is 5.69 Å². The summed E-state index contributed by atoms with van der Waals surface area (Å²) >= 11 is -2.25. The number of ether oxygens (including phenoxy) is 1. The summed E-state index contributed by atoms with van der Waals surface area (Å²) in [5.41, 5.74) is 0.878. The van der Waals surface area contributed by atoms with Crippen LogP contribution in [0.25, 0.3) is 22.4 Å². The van der Waals surface area contributed by atoms with Crippen molar-refractivity contribution in [3.63, 3.8) is 0 Å². The maximum absolute atomic E-state index is 15.9. The quantitative estimate of drug-likeness (QED) is 0.159. The van der Waals surface area contributed by atoms with E-state index in [4.69, 9.17) is 14.8 Å². The van der Waals surface area contributed by atoms with Crippen molar-refractivity contribution in [3.8, 4) is 11.5 Å². The number of carbonyl (C=O) groups is 1.